The van der Waals surface area contributed by atoms with Crippen molar-refractivity contribution in [2.75, 3.05) is 6.79 Å². The Kier molecular flexibility index (Phi) is 5.56. The van der Waals surface area contributed by atoms with Crippen molar-refractivity contribution in [1.29, 1.82) is 0 Å². The molecule has 7 heteroatoms. The Labute approximate surface area is 174 Å². The number of esters is 1. The van der Waals surface area contributed by atoms with E-state index in [2.05, 4.69) is 5.10 Å². The van der Waals surface area contributed by atoms with Crippen molar-refractivity contribution in [3.05, 3.63) is 81.1 Å². The predicted molar refractivity (Wildman–Crippen MR) is 108 cm³/mol. The van der Waals surface area contributed by atoms with Gasteiger partial charge < -0.3 is 14.2 Å². The number of hydrogen-bond acceptors (Lipinski definition) is 5. The van der Waals surface area contributed by atoms with Gasteiger partial charge >= 0.3 is 5.97 Å². The van der Waals surface area contributed by atoms with E-state index in [0.29, 0.717) is 35.2 Å². The van der Waals surface area contributed by atoms with Crippen LogP contribution in [0.3, 0.4) is 0 Å². The fraction of sp³-hybridized carbons (Fsp3) is 0.273. The van der Waals surface area contributed by atoms with Crippen LogP contribution in [-0.4, -0.2) is 22.5 Å². The molecular weight excluding hydrogens is 392 g/mol. The molecular formula is C22H21ClN2O4. The van der Waals surface area contributed by atoms with Gasteiger partial charge in [0.15, 0.2) is 6.79 Å². The van der Waals surface area contributed by atoms with Crippen molar-refractivity contribution in [3.63, 3.8) is 0 Å². The number of aromatic nitrogens is 2. The lowest BCUT2D eigenvalue weighted by atomic mass is 10.1. The molecule has 0 radical (unpaired) electrons. The SMILES string of the molecule is Cc1nn(Cc2ccccc2)c(C)c1C(=O)OCc1cc(Cl)cc2c1OCOC2. The molecule has 0 saturated heterocycles. The summed E-state index contributed by atoms with van der Waals surface area (Å²) in [4.78, 5) is 12.8. The molecule has 0 fully saturated rings. The molecule has 29 heavy (non-hydrogen) atoms. The Balaban J connectivity index is 1.52. The number of hydrogen-bond donors (Lipinski definition) is 0. The first kappa shape index (κ1) is 19.5. The monoisotopic (exact) mass is 412 g/mol. The lowest BCUT2D eigenvalue weighted by molar-refractivity contribution is -0.0180. The Morgan fingerprint density at radius 1 is 1.24 bits per heavy atom. The number of ether oxygens (including phenoxy) is 3. The van der Waals surface area contributed by atoms with E-state index in [1.165, 1.54) is 0 Å². The van der Waals surface area contributed by atoms with Gasteiger partial charge in [-0.1, -0.05) is 41.9 Å². The van der Waals surface area contributed by atoms with E-state index >= 15 is 0 Å². The summed E-state index contributed by atoms with van der Waals surface area (Å²) in [6.07, 6.45) is 0. The van der Waals surface area contributed by atoms with Gasteiger partial charge in [-0.3, -0.25) is 4.68 Å². The van der Waals surface area contributed by atoms with Gasteiger partial charge in [0.25, 0.3) is 0 Å². The average Bonchev–Trinajstić information content (AvgIpc) is 2.99. The van der Waals surface area contributed by atoms with Crippen LogP contribution < -0.4 is 4.74 Å². The highest BCUT2D eigenvalue weighted by Gasteiger charge is 2.22. The van der Waals surface area contributed by atoms with Crippen LogP contribution in [0, 0.1) is 13.8 Å². The number of carbonyl (C=O) groups excluding carboxylic acids is 1. The van der Waals surface area contributed by atoms with Gasteiger partial charge in [0, 0.05) is 16.1 Å². The zero-order valence-electron chi connectivity index (χ0n) is 16.3. The highest BCUT2D eigenvalue weighted by atomic mass is 35.5. The van der Waals surface area contributed by atoms with Crippen molar-refractivity contribution in [2.45, 2.75) is 33.6 Å². The van der Waals surface area contributed by atoms with E-state index in [1.807, 2.05) is 48.9 Å². The maximum Gasteiger partial charge on any atom is 0.342 e. The van der Waals surface area contributed by atoms with E-state index in [-0.39, 0.29) is 13.4 Å². The summed E-state index contributed by atoms with van der Waals surface area (Å²) >= 11 is 6.18. The molecule has 0 spiro atoms. The number of benzene rings is 2. The highest BCUT2D eigenvalue weighted by Crippen LogP contribution is 2.32. The van der Waals surface area contributed by atoms with E-state index in [4.69, 9.17) is 25.8 Å². The van der Waals surface area contributed by atoms with E-state index < -0.39 is 5.97 Å². The van der Waals surface area contributed by atoms with Crippen LogP contribution in [-0.2, 0) is 29.2 Å². The van der Waals surface area contributed by atoms with Crippen LogP contribution in [0.5, 0.6) is 5.75 Å². The van der Waals surface area contributed by atoms with Gasteiger partial charge in [-0.15, -0.1) is 0 Å². The third-order valence-corrected chi connectivity index (χ3v) is 5.09. The maximum absolute atomic E-state index is 12.8. The first-order valence-electron chi connectivity index (χ1n) is 9.30. The van der Waals surface area contributed by atoms with Crippen LogP contribution in [0.15, 0.2) is 42.5 Å². The first-order chi connectivity index (χ1) is 14.0. The summed E-state index contributed by atoms with van der Waals surface area (Å²) < 4.78 is 18.3. The molecule has 2 aromatic carbocycles. The fourth-order valence-corrected chi connectivity index (χ4v) is 3.75. The summed E-state index contributed by atoms with van der Waals surface area (Å²) in [7, 11) is 0. The van der Waals surface area contributed by atoms with E-state index in [9.17, 15) is 4.79 Å². The van der Waals surface area contributed by atoms with Crippen molar-refractivity contribution in [1.82, 2.24) is 9.78 Å². The Morgan fingerprint density at radius 3 is 2.83 bits per heavy atom. The van der Waals surface area contributed by atoms with Gasteiger partial charge in [-0.2, -0.15) is 5.10 Å². The normalized spacial score (nSPS) is 12.9. The predicted octanol–water partition coefficient (Wildman–Crippen LogP) is 4.43. The number of fused-ring (bicyclic) bond motifs is 1. The molecule has 3 aromatic rings. The van der Waals surface area contributed by atoms with Crippen LogP contribution in [0.4, 0.5) is 0 Å². The van der Waals surface area contributed by atoms with Crippen molar-refractivity contribution >= 4 is 17.6 Å². The molecule has 4 rings (SSSR count). The number of carbonyl (C=O) groups is 1. The molecule has 0 unspecified atom stereocenters. The third kappa shape index (κ3) is 4.13. The third-order valence-electron chi connectivity index (χ3n) is 4.87. The topological polar surface area (TPSA) is 62.6 Å². The largest absolute Gasteiger partial charge is 0.467 e. The summed E-state index contributed by atoms with van der Waals surface area (Å²) in [5, 5.41) is 5.07. The van der Waals surface area contributed by atoms with Gasteiger partial charge in [-0.05, 0) is 31.5 Å². The molecule has 0 aliphatic carbocycles. The lowest BCUT2D eigenvalue weighted by Crippen LogP contribution is -2.15. The Morgan fingerprint density at radius 2 is 2.03 bits per heavy atom. The molecule has 0 saturated carbocycles. The summed E-state index contributed by atoms with van der Waals surface area (Å²) in [6, 6.07) is 13.5. The summed E-state index contributed by atoms with van der Waals surface area (Å²) in [6.45, 7) is 4.93. The number of halogens is 1. The molecule has 0 amide bonds. The highest BCUT2D eigenvalue weighted by molar-refractivity contribution is 6.30. The fourth-order valence-electron chi connectivity index (χ4n) is 3.48. The van der Waals surface area contributed by atoms with Gasteiger partial charge in [0.1, 0.15) is 17.9 Å². The molecule has 1 aromatic heterocycles. The van der Waals surface area contributed by atoms with Crippen molar-refractivity contribution in [2.24, 2.45) is 0 Å². The smallest absolute Gasteiger partial charge is 0.342 e. The molecule has 150 valence electrons. The van der Waals surface area contributed by atoms with Gasteiger partial charge in [0.05, 0.1) is 24.5 Å². The first-order valence-corrected chi connectivity index (χ1v) is 9.67. The van der Waals surface area contributed by atoms with Crippen molar-refractivity contribution < 1.29 is 19.0 Å². The Bertz CT molecular complexity index is 1050. The van der Waals surface area contributed by atoms with Crippen molar-refractivity contribution in [3.8, 4) is 5.75 Å². The van der Waals surface area contributed by atoms with Gasteiger partial charge in [-0.25, -0.2) is 4.79 Å². The summed E-state index contributed by atoms with van der Waals surface area (Å²) in [5.74, 6) is 0.252. The second kappa shape index (κ2) is 8.27. The minimum Gasteiger partial charge on any atom is -0.467 e. The van der Waals surface area contributed by atoms with E-state index in [1.54, 1.807) is 12.1 Å². The molecule has 2 heterocycles. The number of nitrogens with zero attached hydrogens (tertiary/aromatic N) is 2. The number of rotatable bonds is 5. The summed E-state index contributed by atoms with van der Waals surface area (Å²) in [5.41, 5.74) is 4.58. The standard InChI is InChI=1S/C22H21ClN2O4/c1-14-20(15(2)25(24-14)10-16-6-4-3-5-7-16)22(26)28-12-18-9-19(23)8-17-11-27-13-29-21(17)18/h3-9H,10-13H2,1-2H3. The zero-order chi connectivity index (χ0) is 20.4. The molecule has 1 aliphatic heterocycles. The molecule has 1 aliphatic rings. The molecule has 0 bridgehead atoms. The molecule has 0 N–H and O–H groups in total. The number of aryl methyl sites for hydroxylation is 1. The van der Waals surface area contributed by atoms with Gasteiger partial charge in [0.2, 0.25) is 0 Å². The quantitative estimate of drug-likeness (QED) is 0.580. The van der Waals surface area contributed by atoms with Crippen LogP contribution >= 0.6 is 11.6 Å². The average molecular weight is 413 g/mol. The van der Waals surface area contributed by atoms with Crippen LogP contribution in [0.2, 0.25) is 5.02 Å². The maximum atomic E-state index is 12.8. The second-order valence-corrected chi connectivity index (χ2v) is 7.37. The zero-order valence-corrected chi connectivity index (χ0v) is 17.0. The Hall–Kier alpha value is -2.83. The minimum absolute atomic E-state index is 0.0600. The molecule has 0 atom stereocenters. The van der Waals surface area contributed by atoms with Crippen LogP contribution in [0.25, 0.3) is 0 Å². The molecule has 6 nitrogen and oxygen atoms in total. The lowest BCUT2D eigenvalue weighted by Gasteiger charge is -2.21. The van der Waals surface area contributed by atoms with Crippen LogP contribution in [0.1, 0.15) is 38.4 Å². The second-order valence-electron chi connectivity index (χ2n) is 6.93. The minimum atomic E-state index is -0.417. The van der Waals surface area contributed by atoms with E-state index in [0.717, 1.165) is 22.4 Å².